The smallest absolute Gasteiger partial charge is 0.411 e. The molecule has 1 saturated heterocycles. The van der Waals surface area contributed by atoms with E-state index in [0.717, 1.165) is 0 Å². The van der Waals surface area contributed by atoms with Crippen LogP contribution in [0, 0.1) is 11.8 Å². The molecule has 0 aromatic rings. The molecule has 33 heavy (non-hydrogen) atoms. The van der Waals surface area contributed by atoms with Crippen molar-refractivity contribution in [1.29, 1.82) is 0 Å². The van der Waals surface area contributed by atoms with Gasteiger partial charge in [-0.3, -0.25) is 9.69 Å². The number of carbonyl (C=O) groups is 3. The van der Waals surface area contributed by atoms with E-state index in [-0.39, 0.29) is 36.8 Å². The number of nitrogens with zero attached hydrogens (tertiary/aromatic N) is 1. The van der Waals surface area contributed by atoms with Gasteiger partial charge in [-0.05, 0) is 60.3 Å². The molecule has 0 aromatic heterocycles. The van der Waals surface area contributed by atoms with Gasteiger partial charge in [0.05, 0.1) is 12.6 Å². The molecule has 0 saturated carbocycles. The van der Waals surface area contributed by atoms with Gasteiger partial charge in [0, 0.05) is 32.6 Å². The summed E-state index contributed by atoms with van der Waals surface area (Å²) in [6.07, 6.45) is 0.842. The number of aliphatic hydroxyl groups excluding tert-OH is 1. The minimum absolute atomic E-state index is 0.0461. The van der Waals surface area contributed by atoms with E-state index in [1.807, 2.05) is 6.92 Å². The maximum absolute atomic E-state index is 13.3. The first kappa shape index (κ1) is 29.2. The number of carbonyl (C=O) groups excluding carboxylic acids is 3. The number of nitrogens with one attached hydrogen (secondary N) is 1. The Kier molecular flexibility index (Phi) is 10.6. The summed E-state index contributed by atoms with van der Waals surface area (Å²) in [5.74, 6) is -1.06. The van der Waals surface area contributed by atoms with Gasteiger partial charge in [0.25, 0.3) is 0 Å². The Labute approximate surface area is 198 Å². The fourth-order valence-corrected chi connectivity index (χ4v) is 4.34. The van der Waals surface area contributed by atoms with Crippen molar-refractivity contribution in [3.63, 3.8) is 0 Å². The third-order valence-corrected chi connectivity index (χ3v) is 5.65. The lowest BCUT2D eigenvalue weighted by Crippen LogP contribution is -2.51. The number of ether oxygens (including phenoxy) is 3. The molecule has 0 bridgehead atoms. The summed E-state index contributed by atoms with van der Waals surface area (Å²) in [4.78, 5) is 39.5. The van der Waals surface area contributed by atoms with Crippen LogP contribution in [0.3, 0.4) is 0 Å². The predicted octanol–water partition coefficient (Wildman–Crippen LogP) is 2.88. The van der Waals surface area contributed by atoms with Gasteiger partial charge in [0.15, 0.2) is 0 Å². The van der Waals surface area contributed by atoms with Gasteiger partial charge in [0.1, 0.15) is 17.2 Å². The van der Waals surface area contributed by atoms with Crippen LogP contribution < -0.4 is 5.32 Å². The van der Waals surface area contributed by atoms with Crippen molar-refractivity contribution in [3.05, 3.63) is 0 Å². The van der Waals surface area contributed by atoms with Crippen molar-refractivity contribution in [2.75, 3.05) is 20.3 Å². The number of amides is 2. The van der Waals surface area contributed by atoms with Crippen molar-refractivity contribution in [1.82, 2.24) is 10.2 Å². The molecule has 5 atom stereocenters. The lowest BCUT2D eigenvalue weighted by Gasteiger charge is -2.36. The van der Waals surface area contributed by atoms with Crippen LogP contribution in [0.15, 0.2) is 0 Å². The zero-order valence-corrected chi connectivity index (χ0v) is 21.8. The van der Waals surface area contributed by atoms with E-state index in [9.17, 15) is 19.5 Å². The van der Waals surface area contributed by atoms with E-state index in [1.165, 1.54) is 11.8 Å². The number of hydrogen-bond acceptors (Lipinski definition) is 7. The van der Waals surface area contributed by atoms with Gasteiger partial charge >= 0.3 is 12.1 Å². The van der Waals surface area contributed by atoms with Crippen LogP contribution in [0.4, 0.5) is 4.79 Å². The molecule has 0 aromatic carbocycles. The Morgan fingerprint density at radius 3 is 2.09 bits per heavy atom. The molecule has 192 valence electrons. The maximum Gasteiger partial charge on any atom is 0.411 e. The first-order valence-electron chi connectivity index (χ1n) is 11.7. The van der Waals surface area contributed by atoms with Crippen molar-refractivity contribution in [2.45, 2.75) is 104 Å². The second kappa shape index (κ2) is 12.0. The molecule has 9 nitrogen and oxygen atoms in total. The Balaban J connectivity index is 3.33. The fraction of sp³-hybridized carbons (Fsp3) is 0.875. The Bertz CT molecular complexity index is 669. The van der Waals surface area contributed by atoms with Gasteiger partial charge < -0.3 is 24.6 Å². The molecule has 2 unspecified atom stereocenters. The molecule has 1 fully saturated rings. The summed E-state index contributed by atoms with van der Waals surface area (Å²) in [5, 5.41) is 13.1. The number of methoxy groups -OCH3 is 1. The first-order chi connectivity index (χ1) is 15.1. The SMILES string of the molecule is CCC(C[C@@H]1[C@H](CO)C[C@H](C(=O)OC(C)(C)C)N1C(=O)OC(C)(C)C)C(COC)NC(C)=O. The summed E-state index contributed by atoms with van der Waals surface area (Å²) in [7, 11) is 1.57. The zero-order chi connectivity index (χ0) is 25.6. The maximum atomic E-state index is 13.3. The highest BCUT2D eigenvalue weighted by atomic mass is 16.6. The molecular formula is C24H44N2O7. The largest absolute Gasteiger partial charge is 0.458 e. The van der Waals surface area contributed by atoms with Gasteiger partial charge in [-0.15, -0.1) is 0 Å². The molecule has 2 amide bonds. The summed E-state index contributed by atoms with van der Waals surface area (Å²) in [6.45, 7) is 14.2. The van der Waals surface area contributed by atoms with Crippen LogP contribution in [-0.2, 0) is 23.8 Å². The molecule has 0 radical (unpaired) electrons. The molecular weight excluding hydrogens is 428 g/mol. The van der Waals surface area contributed by atoms with E-state index in [2.05, 4.69) is 5.32 Å². The van der Waals surface area contributed by atoms with Gasteiger partial charge in [-0.2, -0.15) is 0 Å². The molecule has 1 aliphatic heterocycles. The summed E-state index contributed by atoms with van der Waals surface area (Å²) in [6, 6.07) is -1.58. The average molecular weight is 473 g/mol. The minimum Gasteiger partial charge on any atom is -0.458 e. The summed E-state index contributed by atoms with van der Waals surface area (Å²) < 4.78 is 16.6. The lowest BCUT2D eigenvalue weighted by atomic mass is 9.85. The quantitative estimate of drug-likeness (QED) is 0.496. The van der Waals surface area contributed by atoms with E-state index < -0.39 is 35.3 Å². The minimum atomic E-state index is -0.861. The molecule has 1 rings (SSSR count). The van der Waals surface area contributed by atoms with Crippen LogP contribution in [0.1, 0.15) is 74.7 Å². The van der Waals surface area contributed by atoms with Gasteiger partial charge in [-0.25, -0.2) is 9.59 Å². The molecule has 1 aliphatic rings. The topological polar surface area (TPSA) is 114 Å². The summed E-state index contributed by atoms with van der Waals surface area (Å²) >= 11 is 0. The van der Waals surface area contributed by atoms with E-state index in [4.69, 9.17) is 14.2 Å². The van der Waals surface area contributed by atoms with Gasteiger partial charge in [-0.1, -0.05) is 13.3 Å². The Hall–Kier alpha value is -1.87. The number of likely N-dealkylation sites (tertiary alicyclic amines) is 1. The van der Waals surface area contributed by atoms with E-state index >= 15 is 0 Å². The van der Waals surface area contributed by atoms with Crippen LogP contribution in [0.5, 0.6) is 0 Å². The molecule has 2 N–H and O–H groups in total. The molecule has 0 aliphatic carbocycles. The fourth-order valence-electron chi connectivity index (χ4n) is 4.34. The van der Waals surface area contributed by atoms with E-state index in [1.54, 1.807) is 48.7 Å². The van der Waals surface area contributed by atoms with Crippen LogP contribution in [0.25, 0.3) is 0 Å². The Morgan fingerprint density at radius 1 is 1.09 bits per heavy atom. The molecule has 1 heterocycles. The number of esters is 1. The third kappa shape index (κ3) is 9.12. The third-order valence-electron chi connectivity index (χ3n) is 5.65. The number of rotatable bonds is 9. The van der Waals surface area contributed by atoms with Crippen molar-refractivity contribution < 1.29 is 33.7 Å². The van der Waals surface area contributed by atoms with Crippen molar-refractivity contribution in [2.24, 2.45) is 11.8 Å². The highest BCUT2D eigenvalue weighted by Gasteiger charge is 2.50. The molecule has 9 heteroatoms. The van der Waals surface area contributed by atoms with Gasteiger partial charge in [0.2, 0.25) is 5.91 Å². The second-order valence-electron chi connectivity index (χ2n) is 10.8. The highest BCUT2D eigenvalue weighted by molar-refractivity contribution is 5.83. The monoisotopic (exact) mass is 472 g/mol. The summed E-state index contributed by atoms with van der Waals surface area (Å²) in [5.41, 5.74) is -1.47. The Morgan fingerprint density at radius 2 is 1.67 bits per heavy atom. The normalized spacial score (nSPS) is 23.1. The standard InChI is InChI=1S/C24H44N2O7/c1-10-16(18(14-31-9)25-15(2)28)11-19-17(13-27)12-20(21(29)32-23(3,4)5)26(19)22(30)33-24(6,7)8/h16-20,27H,10-14H2,1-9H3,(H,25,28)/t16?,17-,18?,19+,20+/m0/s1. The molecule has 0 spiro atoms. The lowest BCUT2D eigenvalue weighted by molar-refractivity contribution is -0.160. The number of hydrogen-bond donors (Lipinski definition) is 2. The zero-order valence-electron chi connectivity index (χ0n) is 21.8. The predicted molar refractivity (Wildman–Crippen MR) is 125 cm³/mol. The first-order valence-corrected chi connectivity index (χ1v) is 11.7. The van der Waals surface area contributed by atoms with Crippen LogP contribution >= 0.6 is 0 Å². The number of aliphatic hydroxyl groups is 1. The van der Waals surface area contributed by atoms with Crippen LogP contribution in [-0.4, -0.2) is 77.6 Å². The van der Waals surface area contributed by atoms with E-state index in [0.29, 0.717) is 19.4 Å². The van der Waals surface area contributed by atoms with Crippen LogP contribution in [0.2, 0.25) is 0 Å². The average Bonchev–Trinajstić information content (AvgIpc) is 3.01. The highest BCUT2D eigenvalue weighted by Crippen LogP contribution is 2.37. The van der Waals surface area contributed by atoms with Crippen molar-refractivity contribution >= 4 is 18.0 Å². The second-order valence-corrected chi connectivity index (χ2v) is 10.8. The van der Waals surface area contributed by atoms with Crippen molar-refractivity contribution in [3.8, 4) is 0 Å².